The molecule has 2 aromatic rings. The van der Waals surface area contributed by atoms with Gasteiger partial charge in [-0.1, -0.05) is 87.1 Å². The SMILES string of the molecule is CCCCN(CCCC)C(=S)S/C(=C\C(=O)c1cccs1)c1ccccc1. The minimum Gasteiger partial charge on any atom is -0.357 e. The Morgan fingerprint density at radius 1 is 1.07 bits per heavy atom. The van der Waals surface area contributed by atoms with Crippen LogP contribution in [-0.4, -0.2) is 28.1 Å². The number of ketones is 1. The average Bonchev–Trinajstić information content (AvgIpc) is 3.23. The maximum atomic E-state index is 12.6. The van der Waals surface area contributed by atoms with Gasteiger partial charge in [-0.15, -0.1) is 11.3 Å². The van der Waals surface area contributed by atoms with Gasteiger partial charge in [-0.25, -0.2) is 0 Å². The molecule has 0 radical (unpaired) electrons. The molecule has 2 rings (SSSR count). The number of carbonyl (C=O) groups is 1. The minimum atomic E-state index is 0.0350. The molecule has 0 saturated carbocycles. The predicted molar refractivity (Wildman–Crippen MR) is 125 cm³/mol. The summed E-state index contributed by atoms with van der Waals surface area (Å²) in [5, 5.41) is 1.93. The minimum absolute atomic E-state index is 0.0350. The fourth-order valence-electron chi connectivity index (χ4n) is 2.53. The molecule has 0 fully saturated rings. The third kappa shape index (κ3) is 7.24. The molecule has 0 aliphatic rings. The summed E-state index contributed by atoms with van der Waals surface area (Å²) in [5.74, 6) is 0.0350. The van der Waals surface area contributed by atoms with Gasteiger partial charge in [0.1, 0.15) is 4.32 Å². The molecule has 0 aliphatic carbocycles. The van der Waals surface area contributed by atoms with Crippen LogP contribution in [0.15, 0.2) is 53.9 Å². The number of thiophene rings is 1. The molecule has 0 unspecified atom stereocenters. The van der Waals surface area contributed by atoms with E-state index in [2.05, 4.69) is 18.7 Å². The van der Waals surface area contributed by atoms with Crippen molar-refractivity contribution < 1.29 is 4.79 Å². The molecule has 5 heteroatoms. The largest absolute Gasteiger partial charge is 0.357 e. The van der Waals surface area contributed by atoms with E-state index >= 15 is 0 Å². The molecule has 2 nitrogen and oxygen atoms in total. The molecule has 0 amide bonds. The monoisotopic (exact) mass is 417 g/mol. The van der Waals surface area contributed by atoms with Gasteiger partial charge >= 0.3 is 0 Å². The van der Waals surface area contributed by atoms with Gasteiger partial charge in [0, 0.05) is 24.1 Å². The molecule has 0 spiro atoms. The Labute approximate surface area is 176 Å². The molecule has 0 N–H and O–H groups in total. The van der Waals surface area contributed by atoms with E-state index in [-0.39, 0.29) is 5.78 Å². The summed E-state index contributed by atoms with van der Waals surface area (Å²) in [7, 11) is 0. The lowest BCUT2D eigenvalue weighted by Crippen LogP contribution is -2.29. The number of thioether (sulfide) groups is 1. The first-order valence-electron chi connectivity index (χ1n) is 9.47. The molecular formula is C22H27NOS3. The first kappa shape index (κ1) is 21.9. The molecule has 0 saturated heterocycles. The number of allylic oxidation sites excluding steroid dienone is 1. The van der Waals surface area contributed by atoms with Crippen LogP contribution in [0.1, 0.15) is 54.8 Å². The number of carbonyl (C=O) groups excluding carboxylic acids is 1. The number of benzene rings is 1. The highest BCUT2D eigenvalue weighted by molar-refractivity contribution is 8.29. The van der Waals surface area contributed by atoms with Crippen LogP contribution in [0.3, 0.4) is 0 Å². The fourth-order valence-corrected chi connectivity index (χ4v) is 4.54. The summed E-state index contributed by atoms with van der Waals surface area (Å²) in [4.78, 5) is 16.6. The molecule has 0 bridgehead atoms. The lowest BCUT2D eigenvalue weighted by molar-refractivity contribution is 0.105. The highest BCUT2D eigenvalue weighted by Gasteiger charge is 2.15. The van der Waals surface area contributed by atoms with E-state index in [9.17, 15) is 4.79 Å². The zero-order valence-electron chi connectivity index (χ0n) is 16.0. The van der Waals surface area contributed by atoms with Crippen LogP contribution in [0.5, 0.6) is 0 Å². The molecule has 1 heterocycles. The number of hydrogen-bond acceptors (Lipinski definition) is 4. The number of hydrogen-bond donors (Lipinski definition) is 0. The second-order valence-corrected chi connectivity index (χ2v) is 8.90. The first-order valence-corrected chi connectivity index (χ1v) is 11.6. The maximum absolute atomic E-state index is 12.6. The number of rotatable bonds is 10. The van der Waals surface area contributed by atoms with Gasteiger partial charge in [-0.05, 0) is 29.9 Å². The van der Waals surface area contributed by atoms with Crippen molar-refractivity contribution in [3.8, 4) is 0 Å². The van der Waals surface area contributed by atoms with Crippen LogP contribution in [0.2, 0.25) is 0 Å². The average molecular weight is 418 g/mol. The molecule has 0 atom stereocenters. The lowest BCUT2D eigenvalue weighted by Gasteiger charge is -2.25. The topological polar surface area (TPSA) is 20.3 Å². The van der Waals surface area contributed by atoms with Crippen molar-refractivity contribution >= 4 is 50.3 Å². The normalized spacial score (nSPS) is 11.4. The summed E-state index contributed by atoms with van der Waals surface area (Å²) in [5.41, 5.74) is 1.03. The van der Waals surface area contributed by atoms with Crippen LogP contribution in [0.25, 0.3) is 4.91 Å². The quantitative estimate of drug-likeness (QED) is 0.238. The van der Waals surface area contributed by atoms with E-state index in [1.54, 1.807) is 6.08 Å². The Morgan fingerprint density at radius 3 is 2.30 bits per heavy atom. The van der Waals surface area contributed by atoms with Gasteiger partial charge in [-0.3, -0.25) is 4.79 Å². The summed E-state index contributed by atoms with van der Waals surface area (Å²) < 4.78 is 0.853. The van der Waals surface area contributed by atoms with Gasteiger partial charge in [0.15, 0.2) is 5.78 Å². The fraction of sp³-hybridized carbons (Fsp3) is 0.364. The van der Waals surface area contributed by atoms with Crippen LogP contribution in [0.4, 0.5) is 0 Å². The highest BCUT2D eigenvalue weighted by Crippen LogP contribution is 2.31. The second-order valence-electron chi connectivity index (χ2n) is 6.28. The van der Waals surface area contributed by atoms with Gasteiger partial charge in [0.25, 0.3) is 0 Å². The third-order valence-electron chi connectivity index (χ3n) is 4.10. The van der Waals surface area contributed by atoms with Crippen molar-refractivity contribution in [3.05, 3.63) is 64.4 Å². The Balaban J connectivity index is 2.22. The van der Waals surface area contributed by atoms with Crippen molar-refractivity contribution in [2.24, 2.45) is 0 Å². The van der Waals surface area contributed by atoms with Crippen LogP contribution in [-0.2, 0) is 0 Å². The van der Waals surface area contributed by atoms with Crippen molar-refractivity contribution in [1.82, 2.24) is 4.90 Å². The van der Waals surface area contributed by atoms with E-state index in [0.29, 0.717) is 0 Å². The summed E-state index contributed by atoms with van der Waals surface area (Å²) >= 11 is 8.77. The Hall–Kier alpha value is -1.43. The van der Waals surface area contributed by atoms with Gasteiger partial charge in [0.2, 0.25) is 0 Å². The van der Waals surface area contributed by atoms with Crippen molar-refractivity contribution in [2.45, 2.75) is 39.5 Å². The zero-order valence-corrected chi connectivity index (χ0v) is 18.5. The van der Waals surface area contributed by atoms with Crippen LogP contribution in [0, 0.1) is 0 Å². The van der Waals surface area contributed by atoms with E-state index in [1.807, 2.05) is 47.8 Å². The highest BCUT2D eigenvalue weighted by atomic mass is 32.2. The Kier molecular flexibility index (Phi) is 9.81. The van der Waals surface area contributed by atoms with Crippen LogP contribution < -0.4 is 0 Å². The van der Waals surface area contributed by atoms with E-state index in [4.69, 9.17) is 12.2 Å². The van der Waals surface area contributed by atoms with Gasteiger partial charge in [0.05, 0.1) is 4.88 Å². The van der Waals surface area contributed by atoms with Crippen molar-refractivity contribution in [1.29, 1.82) is 0 Å². The number of unbranched alkanes of at least 4 members (excludes halogenated alkanes) is 2. The van der Waals surface area contributed by atoms with E-state index in [1.165, 1.54) is 23.1 Å². The third-order valence-corrected chi connectivity index (χ3v) is 6.50. The predicted octanol–water partition coefficient (Wildman–Crippen LogP) is 6.89. The summed E-state index contributed by atoms with van der Waals surface area (Å²) in [6, 6.07) is 13.8. The Morgan fingerprint density at radius 2 is 1.74 bits per heavy atom. The van der Waals surface area contributed by atoms with Crippen LogP contribution >= 0.6 is 35.3 Å². The molecule has 0 aliphatic heterocycles. The molecule has 144 valence electrons. The number of thiocarbonyl (C=S) groups is 1. The summed E-state index contributed by atoms with van der Waals surface area (Å²) in [6.07, 6.45) is 6.28. The molecule has 1 aromatic heterocycles. The zero-order chi connectivity index (χ0) is 19.5. The van der Waals surface area contributed by atoms with Gasteiger partial charge < -0.3 is 4.90 Å². The van der Waals surface area contributed by atoms with E-state index < -0.39 is 0 Å². The van der Waals surface area contributed by atoms with Gasteiger partial charge in [-0.2, -0.15) is 0 Å². The first-order chi connectivity index (χ1) is 13.2. The smallest absolute Gasteiger partial charge is 0.196 e. The standard InChI is InChI=1S/C22H27NOS3/c1-3-5-14-23(15-6-4-2)22(25)27-21(18-11-8-7-9-12-18)17-19(24)20-13-10-16-26-20/h7-13,16-17H,3-6,14-15H2,1-2H3/b21-17-. The summed E-state index contributed by atoms with van der Waals surface area (Å²) in [6.45, 7) is 6.35. The van der Waals surface area contributed by atoms with Crippen molar-refractivity contribution in [3.63, 3.8) is 0 Å². The lowest BCUT2D eigenvalue weighted by atomic mass is 10.2. The van der Waals surface area contributed by atoms with E-state index in [0.717, 1.165) is 58.4 Å². The number of nitrogens with zero attached hydrogens (tertiary/aromatic N) is 1. The molecular weight excluding hydrogens is 390 g/mol. The second kappa shape index (κ2) is 12.1. The molecule has 27 heavy (non-hydrogen) atoms. The van der Waals surface area contributed by atoms with Crippen molar-refractivity contribution in [2.75, 3.05) is 13.1 Å². The molecule has 1 aromatic carbocycles. The maximum Gasteiger partial charge on any atom is 0.196 e. The Bertz CT molecular complexity index is 730.